The van der Waals surface area contributed by atoms with Crippen LogP contribution < -0.4 is 0 Å². The maximum atomic E-state index is 12.8. The Hall–Kier alpha value is -1.43. The largest absolute Gasteiger partial charge is 0.352 e. The predicted molar refractivity (Wildman–Crippen MR) is 83.4 cm³/mol. The SMILES string of the molecule is CC1(CC[C@H]2C[C@H]3CO[C@H](c4ccccc4)N3C2=O)OCCO1. The van der Waals surface area contributed by atoms with E-state index in [1.165, 1.54) is 0 Å². The summed E-state index contributed by atoms with van der Waals surface area (Å²) in [5.41, 5.74) is 1.05. The minimum atomic E-state index is -0.511. The van der Waals surface area contributed by atoms with Crippen LogP contribution in [-0.2, 0) is 19.0 Å². The number of carbonyl (C=O) groups excluding carboxylic acids is 1. The molecule has 1 aromatic rings. The van der Waals surface area contributed by atoms with Gasteiger partial charge in [0.05, 0.1) is 25.9 Å². The standard InChI is InChI=1S/C18H23NO4/c1-18(22-9-10-23-18)8-7-14-11-15-12-21-17(19(15)16(14)20)13-5-3-2-4-6-13/h2-6,14-15,17H,7-12H2,1H3/t14-,15-,17+/m0/s1. The van der Waals surface area contributed by atoms with Crippen LogP contribution in [0.5, 0.6) is 0 Å². The van der Waals surface area contributed by atoms with Gasteiger partial charge in [0.2, 0.25) is 5.91 Å². The number of benzene rings is 1. The van der Waals surface area contributed by atoms with Crippen LogP contribution >= 0.6 is 0 Å². The maximum absolute atomic E-state index is 12.8. The second-order valence-electron chi connectivity index (χ2n) is 6.80. The number of fused-ring (bicyclic) bond motifs is 1. The first-order chi connectivity index (χ1) is 11.2. The summed E-state index contributed by atoms with van der Waals surface area (Å²) in [5.74, 6) is -0.245. The average Bonchev–Trinajstić information content (AvgIpc) is 3.24. The van der Waals surface area contributed by atoms with Crippen molar-refractivity contribution in [2.45, 2.75) is 44.2 Å². The zero-order chi connectivity index (χ0) is 15.9. The van der Waals surface area contributed by atoms with Crippen molar-refractivity contribution in [3.8, 4) is 0 Å². The summed E-state index contributed by atoms with van der Waals surface area (Å²) in [5, 5.41) is 0. The van der Waals surface area contributed by atoms with Gasteiger partial charge < -0.3 is 19.1 Å². The topological polar surface area (TPSA) is 48.0 Å². The van der Waals surface area contributed by atoms with Crippen molar-refractivity contribution >= 4 is 5.91 Å². The van der Waals surface area contributed by atoms with Gasteiger partial charge in [-0.05, 0) is 19.8 Å². The van der Waals surface area contributed by atoms with E-state index in [1.807, 2.05) is 42.2 Å². The minimum Gasteiger partial charge on any atom is -0.352 e. The summed E-state index contributed by atoms with van der Waals surface area (Å²) in [4.78, 5) is 14.8. The summed E-state index contributed by atoms with van der Waals surface area (Å²) in [6, 6.07) is 10.2. The van der Waals surface area contributed by atoms with Crippen LogP contribution in [0.25, 0.3) is 0 Å². The number of carbonyl (C=O) groups is 1. The van der Waals surface area contributed by atoms with Crippen LogP contribution in [0.3, 0.4) is 0 Å². The second-order valence-corrected chi connectivity index (χ2v) is 6.80. The van der Waals surface area contributed by atoms with Gasteiger partial charge in [-0.25, -0.2) is 0 Å². The van der Waals surface area contributed by atoms with Crippen molar-refractivity contribution in [1.29, 1.82) is 0 Å². The van der Waals surface area contributed by atoms with E-state index in [0.29, 0.717) is 19.8 Å². The Kier molecular flexibility index (Phi) is 3.87. The minimum absolute atomic E-state index is 0.0553. The first-order valence-corrected chi connectivity index (χ1v) is 8.43. The highest BCUT2D eigenvalue weighted by molar-refractivity contribution is 5.82. The molecule has 0 radical (unpaired) electrons. The lowest BCUT2D eigenvalue weighted by Crippen LogP contribution is -2.33. The fourth-order valence-corrected chi connectivity index (χ4v) is 3.92. The van der Waals surface area contributed by atoms with Crippen molar-refractivity contribution in [3.63, 3.8) is 0 Å². The van der Waals surface area contributed by atoms with Gasteiger partial charge in [-0.3, -0.25) is 4.79 Å². The average molecular weight is 317 g/mol. The van der Waals surface area contributed by atoms with E-state index in [2.05, 4.69) is 0 Å². The van der Waals surface area contributed by atoms with E-state index in [9.17, 15) is 4.79 Å². The second kappa shape index (κ2) is 5.89. The highest BCUT2D eigenvalue weighted by atomic mass is 16.7. The summed E-state index contributed by atoms with van der Waals surface area (Å²) >= 11 is 0. The van der Waals surface area contributed by atoms with E-state index in [4.69, 9.17) is 14.2 Å². The first-order valence-electron chi connectivity index (χ1n) is 8.43. The smallest absolute Gasteiger partial charge is 0.228 e. The third kappa shape index (κ3) is 2.77. The Bertz CT molecular complexity index is 570. The van der Waals surface area contributed by atoms with Crippen LogP contribution in [0, 0.1) is 5.92 Å². The Morgan fingerprint density at radius 2 is 1.96 bits per heavy atom. The summed E-state index contributed by atoms with van der Waals surface area (Å²) in [6.45, 7) is 3.89. The summed E-state index contributed by atoms with van der Waals surface area (Å²) < 4.78 is 17.2. The van der Waals surface area contributed by atoms with Crippen LogP contribution in [0.4, 0.5) is 0 Å². The van der Waals surface area contributed by atoms with Gasteiger partial charge in [0, 0.05) is 17.9 Å². The lowest BCUT2D eigenvalue weighted by molar-refractivity contribution is -0.152. The molecule has 0 aromatic heterocycles. The van der Waals surface area contributed by atoms with Crippen LogP contribution in [0.2, 0.25) is 0 Å². The molecular weight excluding hydrogens is 294 g/mol. The Balaban J connectivity index is 1.43. The number of amides is 1. The van der Waals surface area contributed by atoms with E-state index in [1.54, 1.807) is 0 Å². The molecule has 0 unspecified atom stereocenters. The third-order valence-corrected chi connectivity index (χ3v) is 5.18. The molecule has 0 bridgehead atoms. The fourth-order valence-electron chi connectivity index (χ4n) is 3.92. The van der Waals surface area contributed by atoms with Crippen LogP contribution in [0.1, 0.15) is 38.0 Å². The van der Waals surface area contributed by atoms with E-state index in [0.717, 1.165) is 24.8 Å². The molecule has 0 spiro atoms. The van der Waals surface area contributed by atoms with Crippen molar-refractivity contribution in [2.75, 3.05) is 19.8 Å². The van der Waals surface area contributed by atoms with E-state index >= 15 is 0 Å². The Morgan fingerprint density at radius 1 is 1.22 bits per heavy atom. The molecule has 3 heterocycles. The summed E-state index contributed by atoms with van der Waals surface area (Å²) in [6.07, 6.45) is 2.22. The van der Waals surface area contributed by atoms with E-state index < -0.39 is 5.79 Å². The molecule has 4 rings (SSSR count). The van der Waals surface area contributed by atoms with Crippen LogP contribution in [-0.4, -0.2) is 42.5 Å². The maximum Gasteiger partial charge on any atom is 0.228 e. The van der Waals surface area contributed by atoms with Gasteiger partial charge in [-0.1, -0.05) is 30.3 Å². The Morgan fingerprint density at radius 3 is 2.70 bits per heavy atom. The fraction of sp³-hybridized carbons (Fsp3) is 0.611. The van der Waals surface area contributed by atoms with Crippen molar-refractivity contribution in [1.82, 2.24) is 4.90 Å². The number of hydrogen-bond donors (Lipinski definition) is 0. The first kappa shape index (κ1) is 15.1. The molecule has 0 aliphatic carbocycles. The van der Waals surface area contributed by atoms with Gasteiger partial charge in [-0.2, -0.15) is 0 Å². The quantitative estimate of drug-likeness (QED) is 0.856. The van der Waals surface area contributed by atoms with Gasteiger partial charge >= 0.3 is 0 Å². The highest BCUT2D eigenvalue weighted by Crippen LogP contribution is 2.41. The summed E-state index contributed by atoms with van der Waals surface area (Å²) in [7, 11) is 0. The number of hydrogen-bond acceptors (Lipinski definition) is 4. The molecule has 23 heavy (non-hydrogen) atoms. The lowest BCUT2D eigenvalue weighted by Gasteiger charge is -2.25. The molecular formula is C18H23NO4. The molecule has 3 fully saturated rings. The molecule has 3 saturated heterocycles. The zero-order valence-electron chi connectivity index (χ0n) is 13.4. The molecule has 0 N–H and O–H groups in total. The number of nitrogens with zero attached hydrogens (tertiary/aromatic N) is 1. The van der Waals surface area contributed by atoms with Gasteiger partial charge in [0.25, 0.3) is 0 Å². The van der Waals surface area contributed by atoms with Crippen LogP contribution in [0.15, 0.2) is 30.3 Å². The van der Waals surface area contributed by atoms with Gasteiger partial charge in [0.15, 0.2) is 12.0 Å². The third-order valence-electron chi connectivity index (χ3n) is 5.18. The van der Waals surface area contributed by atoms with E-state index in [-0.39, 0.29) is 24.1 Å². The van der Waals surface area contributed by atoms with Crippen molar-refractivity contribution in [3.05, 3.63) is 35.9 Å². The number of rotatable bonds is 4. The monoisotopic (exact) mass is 317 g/mol. The molecule has 3 aliphatic rings. The highest BCUT2D eigenvalue weighted by Gasteiger charge is 2.48. The molecule has 1 aromatic carbocycles. The van der Waals surface area contributed by atoms with Gasteiger partial charge in [-0.15, -0.1) is 0 Å². The Labute approximate surface area is 136 Å². The molecule has 3 atom stereocenters. The predicted octanol–water partition coefficient (Wildman–Crippen LogP) is 2.48. The normalized spacial score (nSPS) is 32.5. The molecule has 5 heteroatoms. The van der Waals surface area contributed by atoms with Crippen molar-refractivity contribution < 1.29 is 19.0 Å². The van der Waals surface area contributed by atoms with Crippen molar-refractivity contribution in [2.24, 2.45) is 5.92 Å². The van der Waals surface area contributed by atoms with Gasteiger partial charge in [0.1, 0.15) is 0 Å². The zero-order valence-corrected chi connectivity index (χ0v) is 13.4. The molecule has 1 amide bonds. The number of ether oxygens (including phenoxy) is 3. The molecule has 124 valence electrons. The molecule has 0 saturated carbocycles. The molecule has 3 aliphatic heterocycles. The lowest BCUT2D eigenvalue weighted by atomic mass is 9.96. The molecule has 5 nitrogen and oxygen atoms in total.